The second kappa shape index (κ2) is 12.0. The number of hydrogen-bond donors (Lipinski definition) is 2. The van der Waals surface area contributed by atoms with Crippen molar-refractivity contribution in [1.82, 2.24) is 5.43 Å². The van der Waals surface area contributed by atoms with Crippen molar-refractivity contribution in [2.24, 2.45) is 5.10 Å². The third kappa shape index (κ3) is 7.18. The van der Waals surface area contributed by atoms with Gasteiger partial charge in [-0.2, -0.15) is 5.10 Å². The fourth-order valence-electron chi connectivity index (χ4n) is 3.20. The van der Waals surface area contributed by atoms with E-state index in [1.54, 1.807) is 19.2 Å². The largest absolute Gasteiger partial charge is 0.493 e. The maximum atomic E-state index is 12.2. The van der Waals surface area contributed by atoms with E-state index in [9.17, 15) is 9.59 Å². The van der Waals surface area contributed by atoms with E-state index >= 15 is 0 Å². The van der Waals surface area contributed by atoms with Gasteiger partial charge in [0, 0.05) is 5.69 Å². The highest BCUT2D eigenvalue weighted by molar-refractivity contribution is 9.10. The van der Waals surface area contributed by atoms with Crippen LogP contribution in [0.4, 0.5) is 5.69 Å². The maximum absolute atomic E-state index is 12.2. The lowest BCUT2D eigenvalue weighted by atomic mass is 10.1. The SMILES string of the molecule is COc1cc(C=NNC(=O)CC(=O)Nc2ccc(C)cc2C)cc(Br)c1OCc1ccccc1. The molecular weight excluding hydrogens is 498 g/mol. The van der Waals surface area contributed by atoms with E-state index in [4.69, 9.17) is 9.47 Å². The lowest BCUT2D eigenvalue weighted by Crippen LogP contribution is -2.24. The van der Waals surface area contributed by atoms with Gasteiger partial charge in [0.05, 0.1) is 17.8 Å². The van der Waals surface area contributed by atoms with Gasteiger partial charge >= 0.3 is 0 Å². The van der Waals surface area contributed by atoms with Gasteiger partial charge in [-0.05, 0) is 64.7 Å². The summed E-state index contributed by atoms with van der Waals surface area (Å²) in [7, 11) is 1.55. The van der Waals surface area contributed by atoms with Gasteiger partial charge in [0.2, 0.25) is 11.8 Å². The van der Waals surface area contributed by atoms with E-state index in [1.165, 1.54) is 6.21 Å². The van der Waals surface area contributed by atoms with Gasteiger partial charge < -0.3 is 14.8 Å². The second-order valence-corrected chi connectivity index (χ2v) is 8.50. The van der Waals surface area contributed by atoms with Crippen LogP contribution in [0.2, 0.25) is 0 Å². The molecule has 7 nitrogen and oxygen atoms in total. The normalized spacial score (nSPS) is 10.7. The van der Waals surface area contributed by atoms with E-state index in [2.05, 4.69) is 31.8 Å². The molecule has 0 radical (unpaired) electrons. The number of carbonyl (C=O) groups excluding carboxylic acids is 2. The maximum Gasteiger partial charge on any atom is 0.249 e. The minimum absolute atomic E-state index is 0.343. The van der Waals surface area contributed by atoms with Gasteiger partial charge in [-0.3, -0.25) is 9.59 Å². The molecule has 0 bridgehead atoms. The molecule has 2 amide bonds. The molecule has 0 spiro atoms. The van der Waals surface area contributed by atoms with Crippen LogP contribution in [0.5, 0.6) is 11.5 Å². The highest BCUT2D eigenvalue weighted by Gasteiger charge is 2.13. The van der Waals surface area contributed by atoms with Crippen molar-refractivity contribution in [1.29, 1.82) is 0 Å². The van der Waals surface area contributed by atoms with E-state index in [0.29, 0.717) is 33.8 Å². The first kappa shape index (κ1) is 25.0. The highest BCUT2D eigenvalue weighted by atomic mass is 79.9. The van der Waals surface area contributed by atoms with Gasteiger partial charge in [0.15, 0.2) is 11.5 Å². The fourth-order valence-corrected chi connectivity index (χ4v) is 3.77. The molecule has 2 N–H and O–H groups in total. The molecule has 34 heavy (non-hydrogen) atoms. The van der Waals surface area contributed by atoms with Crippen molar-refractivity contribution in [3.63, 3.8) is 0 Å². The number of carbonyl (C=O) groups is 2. The molecule has 3 aromatic rings. The van der Waals surface area contributed by atoms with Gasteiger partial charge in [0.1, 0.15) is 13.0 Å². The minimum Gasteiger partial charge on any atom is -0.493 e. The summed E-state index contributed by atoms with van der Waals surface area (Å²) < 4.78 is 12.1. The molecule has 0 saturated heterocycles. The Morgan fingerprint density at radius 3 is 2.50 bits per heavy atom. The van der Waals surface area contributed by atoms with Crippen LogP contribution in [0.3, 0.4) is 0 Å². The van der Waals surface area contributed by atoms with Crippen molar-refractivity contribution >= 4 is 39.6 Å². The molecule has 0 aromatic heterocycles. The van der Waals surface area contributed by atoms with Crippen molar-refractivity contribution in [2.75, 3.05) is 12.4 Å². The molecule has 0 unspecified atom stereocenters. The van der Waals surface area contributed by atoms with Crippen LogP contribution >= 0.6 is 15.9 Å². The monoisotopic (exact) mass is 523 g/mol. The summed E-state index contributed by atoms with van der Waals surface area (Å²) in [6.07, 6.45) is 1.12. The summed E-state index contributed by atoms with van der Waals surface area (Å²) in [6, 6.07) is 19.0. The molecule has 3 rings (SSSR count). The summed E-state index contributed by atoms with van der Waals surface area (Å²) in [5, 5.41) is 6.69. The Morgan fingerprint density at radius 2 is 1.79 bits per heavy atom. The zero-order valence-corrected chi connectivity index (χ0v) is 20.8. The number of hydrazone groups is 1. The predicted octanol–water partition coefficient (Wildman–Crippen LogP) is 5.13. The number of aryl methyl sites for hydroxylation is 2. The third-order valence-corrected chi connectivity index (χ3v) is 5.45. The number of anilines is 1. The molecule has 3 aromatic carbocycles. The number of rotatable bonds is 9. The van der Waals surface area contributed by atoms with Gasteiger partial charge in [-0.15, -0.1) is 0 Å². The third-order valence-electron chi connectivity index (χ3n) is 4.86. The molecule has 0 atom stereocenters. The lowest BCUT2D eigenvalue weighted by Gasteiger charge is -2.13. The molecule has 0 fully saturated rings. The highest BCUT2D eigenvalue weighted by Crippen LogP contribution is 2.36. The number of methoxy groups -OCH3 is 1. The van der Waals surface area contributed by atoms with E-state index in [0.717, 1.165) is 16.7 Å². The number of hydrogen-bond acceptors (Lipinski definition) is 5. The van der Waals surface area contributed by atoms with Crippen LogP contribution in [-0.4, -0.2) is 25.1 Å². The van der Waals surface area contributed by atoms with E-state index < -0.39 is 11.8 Å². The second-order valence-electron chi connectivity index (χ2n) is 7.64. The minimum atomic E-state index is -0.521. The number of nitrogens with zero attached hydrogens (tertiary/aromatic N) is 1. The molecule has 8 heteroatoms. The van der Waals surface area contributed by atoms with Crippen LogP contribution in [0.15, 0.2) is 70.2 Å². The van der Waals surface area contributed by atoms with Gasteiger partial charge in [-0.25, -0.2) is 5.43 Å². The molecule has 0 aliphatic heterocycles. The molecule has 176 valence electrons. The van der Waals surface area contributed by atoms with Crippen molar-refractivity contribution in [3.8, 4) is 11.5 Å². The van der Waals surface area contributed by atoms with Crippen LogP contribution < -0.4 is 20.2 Å². The Hall–Kier alpha value is -3.65. The molecule has 0 aliphatic carbocycles. The summed E-state index contributed by atoms with van der Waals surface area (Å²) in [4.78, 5) is 24.3. The number of ether oxygens (including phenoxy) is 2. The Bertz CT molecular complexity index is 1200. The van der Waals surface area contributed by atoms with Gasteiger partial charge in [-0.1, -0.05) is 48.0 Å². The van der Waals surface area contributed by atoms with Crippen LogP contribution in [-0.2, 0) is 16.2 Å². The first-order valence-corrected chi connectivity index (χ1v) is 11.4. The van der Waals surface area contributed by atoms with Crippen LogP contribution in [0.1, 0.15) is 28.7 Å². The Kier molecular flexibility index (Phi) is 8.81. The van der Waals surface area contributed by atoms with E-state index in [-0.39, 0.29) is 6.42 Å². The van der Waals surface area contributed by atoms with Crippen LogP contribution in [0.25, 0.3) is 0 Å². The Balaban J connectivity index is 1.56. The quantitative estimate of drug-likeness (QED) is 0.231. The summed E-state index contributed by atoms with van der Waals surface area (Å²) >= 11 is 3.50. The van der Waals surface area contributed by atoms with Crippen molar-refractivity contribution in [2.45, 2.75) is 26.9 Å². The van der Waals surface area contributed by atoms with Crippen molar-refractivity contribution < 1.29 is 19.1 Å². The first-order chi connectivity index (χ1) is 16.4. The predicted molar refractivity (Wildman–Crippen MR) is 136 cm³/mol. The summed E-state index contributed by atoms with van der Waals surface area (Å²) in [5.41, 5.74) is 6.79. The molecule has 0 heterocycles. The first-order valence-electron chi connectivity index (χ1n) is 10.6. The van der Waals surface area contributed by atoms with Crippen LogP contribution in [0, 0.1) is 13.8 Å². The number of amides is 2. The standard InChI is InChI=1S/C26H26BrN3O4/c1-17-9-10-22(18(2)11-17)29-24(31)14-25(32)30-28-15-20-12-21(27)26(23(13-20)33-3)34-16-19-7-5-4-6-8-19/h4-13,15H,14,16H2,1-3H3,(H,29,31)(H,30,32). The summed E-state index contributed by atoms with van der Waals surface area (Å²) in [6.45, 7) is 4.27. The number of halogens is 1. The molecule has 0 saturated carbocycles. The Morgan fingerprint density at radius 1 is 1.03 bits per heavy atom. The molecular formula is C26H26BrN3O4. The zero-order chi connectivity index (χ0) is 24.5. The topological polar surface area (TPSA) is 89.0 Å². The smallest absolute Gasteiger partial charge is 0.249 e. The zero-order valence-electron chi connectivity index (χ0n) is 19.2. The van der Waals surface area contributed by atoms with E-state index in [1.807, 2.05) is 62.4 Å². The fraction of sp³-hybridized carbons (Fsp3) is 0.192. The number of nitrogens with one attached hydrogen (secondary N) is 2. The molecule has 0 aliphatic rings. The Labute approximate surface area is 207 Å². The average molecular weight is 524 g/mol. The lowest BCUT2D eigenvalue weighted by molar-refractivity contribution is -0.126. The van der Waals surface area contributed by atoms with Gasteiger partial charge in [0.25, 0.3) is 0 Å². The summed E-state index contributed by atoms with van der Waals surface area (Å²) in [5.74, 6) is 0.151. The van der Waals surface area contributed by atoms with Crippen molar-refractivity contribution in [3.05, 3.63) is 87.4 Å². The average Bonchev–Trinajstić information content (AvgIpc) is 2.80. The number of benzene rings is 3.